The fourth-order valence-electron chi connectivity index (χ4n) is 21.0. The van der Waals surface area contributed by atoms with E-state index in [2.05, 4.69) is 40.7 Å². The number of aliphatic hydroxyl groups excluding tert-OH is 2. The van der Waals surface area contributed by atoms with Crippen molar-refractivity contribution in [2.24, 2.45) is 45.8 Å². The van der Waals surface area contributed by atoms with Crippen LogP contribution in [0.4, 0.5) is 0 Å². The van der Waals surface area contributed by atoms with Crippen LogP contribution in [0.1, 0.15) is 175 Å². The molecule has 7 fully saturated rings. The van der Waals surface area contributed by atoms with Gasteiger partial charge in [-0.05, 0) is 208 Å². The Hall–Kier alpha value is -5.98. The highest BCUT2D eigenvalue weighted by atomic mass is 16.5. The number of hydrogen-bond acceptors (Lipinski definition) is 13. The van der Waals surface area contributed by atoms with Crippen molar-refractivity contribution in [3.05, 3.63) is 113 Å². The summed E-state index contributed by atoms with van der Waals surface area (Å²) in [6.07, 6.45) is 24.7. The number of fused-ring (bicyclic) bond motifs is 7. The highest BCUT2D eigenvalue weighted by molar-refractivity contribution is 5.96. The molecule has 4 aliphatic heterocycles. The lowest BCUT2D eigenvalue weighted by molar-refractivity contribution is -0.209. The van der Waals surface area contributed by atoms with E-state index in [1.165, 1.54) is 70.6 Å². The molecule has 13 atom stereocenters. The van der Waals surface area contributed by atoms with E-state index in [4.69, 9.17) is 28.4 Å². The third-order valence-electron chi connectivity index (χ3n) is 24.9. The fourth-order valence-corrected chi connectivity index (χ4v) is 21.0. The molecule has 17 rings (SSSR count). The summed E-state index contributed by atoms with van der Waals surface area (Å²) in [5, 5.41) is 70.3. The average Bonchev–Trinajstić information content (AvgIpc) is 1.47. The standard InChI is InChI=1S/C76H90N2O11/c1-3-45-34-57(46-13-10-15-51(79)32-46)47(35-62(45)81)31-48-33-54(87-53-16-4-5-17-53)38-59-67(83)61(41-86-68(48)59)66-64(18-12-29-84-2)88-69-55-22-20-52(80)37-58(55)65-39-60(69)70(66)89-71-56-21-19-49(36-63(56)82)76(71)50(14-11-30-85-65)40-77-75(78-76)43-73(25-8-9-26-73)74(44-75)28-27-72(42-74)23-6-7-24-72/h10,13,15,19-22,32-35,37-39,49-50,53,56,61,63-64,66-67,70-71,77-83H,3-9,12,16-18,23-31,36,40-44H2,1-2H3. The first kappa shape index (κ1) is 58.1. The molecule has 89 heavy (non-hydrogen) atoms. The van der Waals surface area contributed by atoms with E-state index in [1.807, 2.05) is 49.4 Å². The Morgan fingerprint density at radius 1 is 0.753 bits per heavy atom. The lowest BCUT2D eigenvalue weighted by Crippen LogP contribution is -2.82. The van der Waals surface area contributed by atoms with Crippen molar-refractivity contribution >= 4 is 10.8 Å². The molecule has 12 aliphatic rings. The molecule has 13 heteroatoms. The third-order valence-corrected chi connectivity index (χ3v) is 24.9. The number of methoxy groups -OCH3 is 1. The summed E-state index contributed by atoms with van der Waals surface area (Å²) in [5.74, 6) is 8.52. The van der Waals surface area contributed by atoms with Gasteiger partial charge in [-0.25, -0.2) is 0 Å². The molecular formula is C76H90N2O11. The number of phenols is 3. The Morgan fingerprint density at radius 3 is 2.38 bits per heavy atom. The molecule has 5 aromatic rings. The van der Waals surface area contributed by atoms with Gasteiger partial charge in [-0.15, -0.1) is 0 Å². The SMILES string of the molecule is CCc1cc(-c2cccc(O)c2)c(Cc2cc(OC3CCCC3)cc3c2OCC(C2C(CCCOC)Oc4c5cc(c6cc(O)ccc46)OCC#CC4CNC6(CC7(CCCC7)C7(CCC8(CCCC8)C7)C6)NC46C4C=CC(C(O)C4)C6OC52)C3O)cc1O. The summed E-state index contributed by atoms with van der Waals surface area (Å²) in [6.45, 7) is 3.45. The van der Waals surface area contributed by atoms with Crippen LogP contribution in [0.15, 0.2) is 84.9 Å². The molecule has 0 aromatic heterocycles. The van der Waals surface area contributed by atoms with Gasteiger partial charge in [-0.1, -0.05) is 68.7 Å². The quantitative estimate of drug-likeness (QED) is 0.0378. The minimum atomic E-state index is -1.09. The lowest BCUT2D eigenvalue weighted by Gasteiger charge is -2.64. The predicted molar refractivity (Wildman–Crippen MR) is 340 cm³/mol. The molecule has 0 radical (unpaired) electrons. The molecule has 470 valence electrons. The first-order valence-electron chi connectivity index (χ1n) is 34.2. The molecule has 6 saturated carbocycles. The summed E-state index contributed by atoms with van der Waals surface area (Å²) >= 11 is 0. The van der Waals surface area contributed by atoms with Gasteiger partial charge in [0.25, 0.3) is 0 Å². The number of ether oxygens (including phenoxy) is 6. The van der Waals surface area contributed by atoms with Gasteiger partial charge in [-0.3, -0.25) is 10.6 Å². The van der Waals surface area contributed by atoms with Crippen molar-refractivity contribution in [1.82, 2.24) is 10.6 Å². The molecule has 5 aromatic carbocycles. The molecule has 1 saturated heterocycles. The topological polar surface area (TPSA) is 181 Å². The van der Waals surface area contributed by atoms with Crippen molar-refractivity contribution < 1.29 is 54.0 Å². The normalized spacial score (nSPS) is 34.3. The second-order valence-electron chi connectivity index (χ2n) is 29.6. The van der Waals surface area contributed by atoms with E-state index in [-0.39, 0.29) is 70.8 Å². The van der Waals surface area contributed by atoms with Crippen molar-refractivity contribution in [3.63, 3.8) is 0 Å². The van der Waals surface area contributed by atoms with Crippen LogP contribution in [-0.2, 0) is 22.3 Å². The molecule has 13 unspecified atom stereocenters. The lowest BCUT2D eigenvalue weighted by atomic mass is 9.55. The molecule has 0 amide bonds. The second-order valence-corrected chi connectivity index (χ2v) is 29.6. The zero-order valence-electron chi connectivity index (χ0n) is 52.0. The van der Waals surface area contributed by atoms with E-state index >= 15 is 0 Å². The number of hydrogen-bond donors (Lipinski definition) is 7. The largest absolute Gasteiger partial charge is 0.508 e. The number of rotatable bonds is 11. The number of benzene rings is 5. The van der Waals surface area contributed by atoms with Gasteiger partial charge in [0.1, 0.15) is 53.0 Å². The molecular weight excluding hydrogens is 1120 g/mol. The summed E-state index contributed by atoms with van der Waals surface area (Å²) in [5.41, 5.74) is 5.48. The summed E-state index contributed by atoms with van der Waals surface area (Å²) in [6, 6.07) is 22.6. The highest BCUT2D eigenvalue weighted by Crippen LogP contribution is 2.75. The Balaban J connectivity index is 0.843. The second kappa shape index (κ2) is 22.4. The number of phenolic OH excluding ortho intramolecular Hbond substituents is 3. The van der Waals surface area contributed by atoms with Crippen molar-refractivity contribution in [2.45, 2.75) is 196 Å². The minimum absolute atomic E-state index is 0.0274. The average molecular weight is 1210 g/mol. The van der Waals surface area contributed by atoms with E-state index in [1.54, 1.807) is 31.4 Å². The Kier molecular flexibility index (Phi) is 14.6. The van der Waals surface area contributed by atoms with Crippen LogP contribution in [0.2, 0.25) is 0 Å². The monoisotopic (exact) mass is 1210 g/mol. The number of aromatic hydroxyl groups is 3. The maximum Gasteiger partial charge on any atom is 0.149 e. The van der Waals surface area contributed by atoms with E-state index < -0.39 is 47.9 Å². The van der Waals surface area contributed by atoms with Crippen molar-refractivity contribution in [3.8, 4) is 63.2 Å². The molecule has 4 heterocycles. The molecule has 4 bridgehead atoms. The smallest absolute Gasteiger partial charge is 0.149 e. The van der Waals surface area contributed by atoms with Gasteiger partial charge in [0.15, 0.2) is 0 Å². The van der Waals surface area contributed by atoms with Crippen LogP contribution in [0.3, 0.4) is 0 Å². The number of nitrogens with one attached hydrogen (secondary N) is 2. The highest BCUT2D eigenvalue weighted by Gasteiger charge is 2.72. The molecule has 7 N–H and O–H groups in total. The molecule has 5 spiro atoms. The maximum atomic E-state index is 13.8. The fraction of sp³-hybridized carbons (Fsp3) is 0.579. The number of aryl methyl sites for hydroxylation is 1. The van der Waals surface area contributed by atoms with Crippen LogP contribution in [0.5, 0.6) is 40.2 Å². The maximum absolute atomic E-state index is 13.8. The van der Waals surface area contributed by atoms with Crippen molar-refractivity contribution in [2.75, 3.05) is 33.5 Å². The minimum Gasteiger partial charge on any atom is -0.508 e. The van der Waals surface area contributed by atoms with Crippen LogP contribution in [0.25, 0.3) is 21.9 Å². The van der Waals surface area contributed by atoms with Gasteiger partial charge in [0.2, 0.25) is 0 Å². The zero-order valence-corrected chi connectivity index (χ0v) is 52.0. The van der Waals surface area contributed by atoms with Crippen LogP contribution >= 0.6 is 0 Å². The van der Waals surface area contributed by atoms with E-state index in [0.29, 0.717) is 84.6 Å². The Labute approximate surface area is 524 Å². The first-order valence-corrected chi connectivity index (χ1v) is 34.2. The summed E-state index contributed by atoms with van der Waals surface area (Å²) in [4.78, 5) is 0. The van der Waals surface area contributed by atoms with Gasteiger partial charge < -0.3 is 54.0 Å². The summed E-state index contributed by atoms with van der Waals surface area (Å²) in [7, 11) is 1.73. The zero-order chi connectivity index (χ0) is 60.4. The third kappa shape index (κ3) is 9.59. The van der Waals surface area contributed by atoms with Gasteiger partial charge >= 0.3 is 0 Å². The van der Waals surface area contributed by atoms with Gasteiger partial charge in [0, 0.05) is 77.8 Å². The Morgan fingerprint density at radius 2 is 1.57 bits per heavy atom. The van der Waals surface area contributed by atoms with Crippen molar-refractivity contribution in [1.29, 1.82) is 0 Å². The Bertz CT molecular complexity index is 3650. The molecule has 13 nitrogen and oxygen atoms in total. The van der Waals surface area contributed by atoms with Crippen LogP contribution in [-0.4, -0.2) is 94.6 Å². The molecule has 8 aliphatic carbocycles. The van der Waals surface area contributed by atoms with Gasteiger partial charge in [-0.2, -0.15) is 0 Å². The first-order chi connectivity index (χ1) is 43.3. The van der Waals surface area contributed by atoms with E-state index in [0.717, 1.165) is 77.3 Å². The van der Waals surface area contributed by atoms with E-state index in [9.17, 15) is 25.5 Å². The van der Waals surface area contributed by atoms with Crippen LogP contribution < -0.4 is 29.6 Å². The van der Waals surface area contributed by atoms with Gasteiger partial charge in [0.05, 0.1) is 54.2 Å². The number of aliphatic hydroxyl groups is 2. The van der Waals surface area contributed by atoms with Crippen LogP contribution in [0, 0.1) is 57.7 Å². The summed E-state index contributed by atoms with van der Waals surface area (Å²) < 4.78 is 42.8. The predicted octanol–water partition coefficient (Wildman–Crippen LogP) is 13.4.